The SMILES string of the molecule is COc1ccc(CC(C)C(C)Cc2ccc(O)c(OC)c2)cc1C. The normalized spacial score (nSPS) is 13.4. The zero-order valence-electron chi connectivity index (χ0n) is 15.3. The minimum atomic E-state index is 0.190. The first-order valence-corrected chi connectivity index (χ1v) is 8.44. The summed E-state index contributed by atoms with van der Waals surface area (Å²) in [6, 6.07) is 12.0. The number of aryl methyl sites for hydroxylation is 1. The molecule has 2 unspecified atom stereocenters. The predicted molar refractivity (Wildman–Crippen MR) is 98.1 cm³/mol. The lowest BCUT2D eigenvalue weighted by molar-refractivity contribution is 0.367. The van der Waals surface area contributed by atoms with Crippen LogP contribution in [-0.2, 0) is 12.8 Å². The van der Waals surface area contributed by atoms with E-state index in [4.69, 9.17) is 9.47 Å². The number of phenolic OH excluding ortho intramolecular Hbond substituents is 1. The smallest absolute Gasteiger partial charge is 0.160 e. The van der Waals surface area contributed by atoms with Crippen molar-refractivity contribution in [3.63, 3.8) is 0 Å². The van der Waals surface area contributed by atoms with Crippen LogP contribution in [0.25, 0.3) is 0 Å². The van der Waals surface area contributed by atoms with Crippen molar-refractivity contribution in [3.8, 4) is 17.2 Å². The Morgan fingerprint density at radius 1 is 0.833 bits per heavy atom. The summed E-state index contributed by atoms with van der Waals surface area (Å²) in [5, 5.41) is 9.71. The molecule has 0 radical (unpaired) electrons. The molecule has 2 aromatic rings. The van der Waals surface area contributed by atoms with Gasteiger partial charge in [0.05, 0.1) is 14.2 Å². The molecule has 0 aliphatic carbocycles. The molecule has 2 atom stereocenters. The van der Waals surface area contributed by atoms with Crippen LogP contribution in [0.5, 0.6) is 17.2 Å². The molecule has 130 valence electrons. The zero-order chi connectivity index (χ0) is 17.7. The fourth-order valence-electron chi connectivity index (χ4n) is 3.06. The summed E-state index contributed by atoms with van der Waals surface area (Å²) in [4.78, 5) is 0. The Balaban J connectivity index is 2.01. The maximum atomic E-state index is 9.71. The molecule has 0 saturated heterocycles. The molecule has 3 heteroatoms. The third-order valence-electron chi connectivity index (χ3n) is 4.79. The Kier molecular flexibility index (Phi) is 6.13. The molecule has 2 aromatic carbocycles. The molecule has 24 heavy (non-hydrogen) atoms. The van der Waals surface area contributed by atoms with Crippen molar-refractivity contribution in [1.82, 2.24) is 0 Å². The molecule has 3 nitrogen and oxygen atoms in total. The Hall–Kier alpha value is -2.16. The summed E-state index contributed by atoms with van der Waals surface area (Å²) in [5.74, 6) is 2.75. The average molecular weight is 328 g/mol. The highest BCUT2D eigenvalue weighted by Crippen LogP contribution is 2.29. The van der Waals surface area contributed by atoms with E-state index in [1.165, 1.54) is 16.7 Å². The van der Waals surface area contributed by atoms with E-state index < -0.39 is 0 Å². The number of rotatable bonds is 7. The van der Waals surface area contributed by atoms with Gasteiger partial charge in [-0.25, -0.2) is 0 Å². The zero-order valence-corrected chi connectivity index (χ0v) is 15.3. The summed E-state index contributed by atoms with van der Waals surface area (Å²) >= 11 is 0. The standard InChI is InChI=1S/C21H28O3/c1-14(10-17-7-9-20(23-4)16(3)12-17)15(2)11-18-6-8-19(22)21(13-18)24-5/h6-9,12-15,22H,10-11H2,1-5H3. The third kappa shape index (κ3) is 4.44. The molecular formula is C21H28O3. The molecule has 0 aliphatic rings. The molecule has 0 aliphatic heterocycles. The second kappa shape index (κ2) is 8.09. The predicted octanol–water partition coefficient (Wildman–Crippen LogP) is 4.78. The first-order chi connectivity index (χ1) is 11.4. The lowest BCUT2D eigenvalue weighted by atomic mass is 9.85. The van der Waals surface area contributed by atoms with Gasteiger partial charge in [0.15, 0.2) is 11.5 Å². The van der Waals surface area contributed by atoms with Gasteiger partial charge in [-0.15, -0.1) is 0 Å². The number of hydrogen-bond donors (Lipinski definition) is 1. The second-order valence-electron chi connectivity index (χ2n) is 6.67. The van der Waals surface area contributed by atoms with Crippen LogP contribution in [0.1, 0.15) is 30.5 Å². The molecule has 0 spiro atoms. The molecule has 0 heterocycles. The van der Waals surface area contributed by atoms with E-state index >= 15 is 0 Å². The van der Waals surface area contributed by atoms with E-state index in [9.17, 15) is 5.11 Å². The largest absolute Gasteiger partial charge is 0.504 e. The highest BCUT2D eigenvalue weighted by atomic mass is 16.5. The van der Waals surface area contributed by atoms with Gasteiger partial charge in [0, 0.05) is 0 Å². The third-order valence-corrected chi connectivity index (χ3v) is 4.79. The first kappa shape index (κ1) is 18.2. The number of hydrogen-bond acceptors (Lipinski definition) is 3. The van der Waals surface area contributed by atoms with Crippen molar-refractivity contribution in [2.24, 2.45) is 11.8 Å². The minimum Gasteiger partial charge on any atom is -0.504 e. The molecule has 0 amide bonds. The van der Waals surface area contributed by atoms with Crippen molar-refractivity contribution >= 4 is 0 Å². The summed E-state index contributed by atoms with van der Waals surface area (Å²) in [6.45, 7) is 6.65. The summed E-state index contributed by atoms with van der Waals surface area (Å²) in [6.07, 6.45) is 2.01. The van der Waals surface area contributed by atoms with Gasteiger partial charge in [0.1, 0.15) is 5.75 Å². The lowest BCUT2D eigenvalue weighted by Gasteiger charge is -2.21. The molecule has 1 N–H and O–H groups in total. The van der Waals surface area contributed by atoms with Crippen molar-refractivity contribution < 1.29 is 14.6 Å². The van der Waals surface area contributed by atoms with E-state index in [1.807, 2.05) is 18.2 Å². The van der Waals surface area contributed by atoms with Crippen molar-refractivity contribution in [2.75, 3.05) is 14.2 Å². The Bertz CT molecular complexity index is 679. The highest BCUT2D eigenvalue weighted by Gasteiger charge is 2.15. The number of phenols is 1. The maximum absolute atomic E-state index is 9.71. The van der Waals surface area contributed by atoms with Gasteiger partial charge in [-0.3, -0.25) is 0 Å². The average Bonchev–Trinajstić information content (AvgIpc) is 2.56. The van der Waals surface area contributed by atoms with Crippen LogP contribution < -0.4 is 9.47 Å². The minimum absolute atomic E-state index is 0.190. The van der Waals surface area contributed by atoms with Crippen LogP contribution in [0.15, 0.2) is 36.4 Å². The van der Waals surface area contributed by atoms with Gasteiger partial charge in [0.25, 0.3) is 0 Å². The van der Waals surface area contributed by atoms with Crippen LogP contribution in [0.2, 0.25) is 0 Å². The van der Waals surface area contributed by atoms with E-state index in [-0.39, 0.29) is 5.75 Å². The quantitative estimate of drug-likeness (QED) is 0.795. The van der Waals surface area contributed by atoms with E-state index in [0.29, 0.717) is 17.6 Å². The van der Waals surface area contributed by atoms with Crippen molar-refractivity contribution in [1.29, 1.82) is 0 Å². The van der Waals surface area contributed by atoms with Gasteiger partial charge >= 0.3 is 0 Å². The first-order valence-electron chi connectivity index (χ1n) is 8.44. The van der Waals surface area contributed by atoms with E-state index in [1.54, 1.807) is 20.3 Å². The van der Waals surface area contributed by atoms with Gasteiger partial charge < -0.3 is 14.6 Å². The number of methoxy groups -OCH3 is 2. The lowest BCUT2D eigenvalue weighted by Crippen LogP contribution is -2.14. The van der Waals surface area contributed by atoms with Crippen LogP contribution in [0.3, 0.4) is 0 Å². The molecular weight excluding hydrogens is 300 g/mol. The maximum Gasteiger partial charge on any atom is 0.160 e. The Morgan fingerprint density at radius 2 is 1.38 bits per heavy atom. The van der Waals surface area contributed by atoms with Gasteiger partial charge in [-0.2, -0.15) is 0 Å². The summed E-state index contributed by atoms with van der Waals surface area (Å²) < 4.78 is 10.5. The van der Waals surface area contributed by atoms with E-state index in [2.05, 4.69) is 32.9 Å². The van der Waals surface area contributed by atoms with Gasteiger partial charge in [-0.05, 0) is 66.5 Å². The Morgan fingerprint density at radius 3 is 1.92 bits per heavy atom. The Labute approximate surface area is 145 Å². The van der Waals surface area contributed by atoms with Gasteiger partial charge in [0.2, 0.25) is 0 Å². The fourth-order valence-corrected chi connectivity index (χ4v) is 3.06. The van der Waals surface area contributed by atoms with Crippen LogP contribution in [0, 0.1) is 18.8 Å². The van der Waals surface area contributed by atoms with Crippen LogP contribution in [0.4, 0.5) is 0 Å². The highest BCUT2D eigenvalue weighted by molar-refractivity contribution is 5.42. The number of ether oxygens (including phenoxy) is 2. The van der Waals surface area contributed by atoms with Crippen LogP contribution >= 0.6 is 0 Å². The monoisotopic (exact) mass is 328 g/mol. The topological polar surface area (TPSA) is 38.7 Å². The summed E-state index contributed by atoms with van der Waals surface area (Å²) in [7, 11) is 3.29. The summed E-state index contributed by atoms with van der Waals surface area (Å²) in [5.41, 5.74) is 3.71. The second-order valence-corrected chi connectivity index (χ2v) is 6.67. The fraction of sp³-hybridized carbons (Fsp3) is 0.429. The molecule has 2 rings (SSSR count). The molecule has 0 bridgehead atoms. The number of aromatic hydroxyl groups is 1. The molecule has 0 aromatic heterocycles. The van der Waals surface area contributed by atoms with Crippen molar-refractivity contribution in [3.05, 3.63) is 53.1 Å². The van der Waals surface area contributed by atoms with Crippen molar-refractivity contribution in [2.45, 2.75) is 33.6 Å². The number of benzene rings is 2. The van der Waals surface area contributed by atoms with E-state index in [0.717, 1.165) is 18.6 Å². The van der Waals surface area contributed by atoms with Gasteiger partial charge in [-0.1, -0.05) is 32.0 Å². The molecule has 0 fully saturated rings. The van der Waals surface area contributed by atoms with Crippen LogP contribution in [-0.4, -0.2) is 19.3 Å². The molecule has 0 saturated carbocycles.